The van der Waals surface area contributed by atoms with Gasteiger partial charge in [0.1, 0.15) is 5.75 Å². The fourth-order valence-electron chi connectivity index (χ4n) is 5.55. The molecular weight excluding hydrogens is 511 g/mol. The van der Waals surface area contributed by atoms with Crippen molar-refractivity contribution in [2.45, 2.75) is 25.2 Å². The number of halogens is 2. The summed E-state index contributed by atoms with van der Waals surface area (Å²) in [5.74, 6) is 2.49. The molecule has 2 aliphatic heterocycles. The second-order valence-corrected chi connectivity index (χ2v) is 11.6. The summed E-state index contributed by atoms with van der Waals surface area (Å²) in [6.07, 6.45) is 3.52. The highest BCUT2D eigenvalue weighted by Gasteiger charge is 2.38. The zero-order valence-electron chi connectivity index (χ0n) is 20.3. The van der Waals surface area contributed by atoms with Crippen LogP contribution in [0.3, 0.4) is 0 Å². The summed E-state index contributed by atoms with van der Waals surface area (Å²) in [6, 6.07) is 17.5. The smallest absolute Gasteiger partial charge is 0.253 e. The number of piperidine rings is 1. The zero-order valence-corrected chi connectivity index (χ0v) is 22.7. The van der Waals surface area contributed by atoms with Crippen molar-refractivity contribution in [3.05, 3.63) is 86.5 Å². The van der Waals surface area contributed by atoms with Gasteiger partial charge in [-0.25, -0.2) is 0 Å². The van der Waals surface area contributed by atoms with Crippen molar-refractivity contribution >= 4 is 40.4 Å². The van der Waals surface area contributed by atoms with Crippen molar-refractivity contribution in [3.8, 4) is 5.75 Å². The molecule has 2 saturated heterocycles. The highest BCUT2D eigenvalue weighted by Crippen LogP contribution is 2.36. The first-order chi connectivity index (χ1) is 17.6. The fourth-order valence-corrected chi connectivity index (χ4v) is 6.57. The second kappa shape index (κ2) is 12.0. The van der Waals surface area contributed by atoms with Gasteiger partial charge in [-0.15, -0.1) is 0 Å². The van der Waals surface area contributed by atoms with E-state index >= 15 is 0 Å². The van der Waals surface area contributed by atoms with Gasteiger partial charge in [0.15, 0.2) is 0 Å². The average Bonchev–Trinajstić information content (AvgIpc) is 3.57. The number of carbonyl (C=O) groups excluding carboxylic acids is 1. The van der Waals surface area contributed by atoms with Crippen molar-refractivity contribution < 1.29 is 9.53 Å². The minimum absolute atomic E-state index is 0.0356. The number of hydrogen-bond donors (Lipinski definition) is 0. The predicted molar refractivity (Wildman–Crippen MR) is 149 cm³/mol. The van der Waals surface area contributed by atoms with Crippen LogP contribution in [0.15, 0.2) is 65.4 Å². The van der Waals surface area contributed by atoms with Crippen LogP contribution < -0.4 is 4.74 Å². The van der Waals surface area contributed by atoms with E-state index < -0.39 is 0 Å². The first-order valence-corrected chi connectivity index (χ1v) is 14.4. The van der Waals surface area contributed by atoms with Crippen LogP contribution in [-0.4, -0.2) is 55.0 Å². The van der Waals surface area contributed by atoms with Crippen LogP contribution in [0.25, 0.3) is 0 Å². The number of nitrogens with zero attached hydrogens (tertiary/aromatic N) is 2. The Labute approximate surface area is 227 Å². The number of rotatable bonds is 8. The number of hydrogen-bond acceptors (Lipinski definition) is 4. The van der Waals surface area contributed by atoms with Gasteiger partial charge < -0.3 is 14.5 Å². The Morgan fingerprint density at radius 1 is 1.00 bits per heavy atom. The Balaban J connectivity index is 1.16. The normalized spacial score (nSPS) is 21.1. The highest BCUT2D eigenvalue weighted by atomic mass is 35.5. The molecule has 2 fully saturated rings. The van der Waals surface area contributed by atoms with Gasteiger partial charge in [0, 0.05) is 31.1 Å². The molecule has 0 aliphatic carbocycles. The third kappa shape index (κ3) is 6.25. The molecule has 4 nitrogen and oxygen atoms in total. The van der Waals surface area contributed by atoms with E-state index in [-0.39, 0.29) is 5.91 Å². The number of para-hydroxylation sites is 1. The average molecular weight is 544 g/mol. The van der Waals surface area contributed by atoms with Crippen LogP contribution >= 0.6 is 34.5 Å². The van der Waals surface area contributed by atoms with E-state index in [1.807, 2.05) is 35.2 Å². The van der Waals surface area contributed by atoms with Crippen molar-refractivity contribution in [3.63, 3.8) is 0 Å². The molecule has 0 radical (unpaired) electrons. The van der Waals surface area contributed by atoms with E-state index in [2.05, 4.69) is 21.7 Å². The van der Waals surface area contributed by atoms with E-state index in [1.54, 1.807) is 29.5 Å². The first kappa shape index (κ1) is 25.6. The molecule has 0 spiro atoms. The monoisotopic (exact) mass is 542 g/mol. The molecule has 3 aromatic rings. The van der Waals surface area contributed by atoms with Gasteiger partial charge in [-0.1, -0.05) is 41.4 Å². The van der Waals surface area contributed by atoms with Crippen LogP contribution in [0.4, 0.5) is 0 Å². The van der Waals surface area contributed by atoms with Gasteiger partial charge in [-0.3, -0.25) is 4.79 Å². The molecule has 2 aliphatic rings. The largest absolute Gasteiger partial charge is 0.494 e. The van der Waals surface area contributed by atoms with Crippen molar-refractivity contribution in [1.29, 1.82) is 0 Å². The summed E-state index contributed by atoms with van der Waals surface area (Å²) in [5.41, 5.74) is 1.95. The van der Waals surface area contributed by atoms with Crippen molar-refractivity contribution in [1.82, 2.24) is 9.80 Å². The molecule has 0 saturated carbocycles. The second-order valence-electron chi connectivity index (χ2n) is 9.96. The standard InChI is InChI=1S/C29H32Cl2N2O2S/c30-27-7-6-22(16-28(27)31)29(34)33-18-24(26(19-33)23-11-15-36-20-23)17-32-12-8-21(9-13-32)10-14-35-25-4-2-1-3-5-25/h1-7,11,15-16,20-21,24,26H,8-10,12-14,17-19H2. The van der Waals surface area contributed by atoms with Crippen LogP contribution in [0.1, 0.15) is 41.1 Å². The van der Waals surface area contributed by atoms with Gasteiger partial charge in [-0.2, -0.15) is 11.3 Å². The number of carbonyl (C=O) groups is 1. The summed E-state index contributed by atoms with van der Waals surface area (Å²) in [6.45, 7) is 5.55. The Bertz CT molecular complexity index is 1130. The third-order valence-corrected chi connectivity index (χ3v) is 9.04. The lowest BCUT2D eigenvalue weighted by atomic mass is 9.88. The number of likely N-dealkylation sites (tertiary alicyclic amines) is 2. The van der Waals surface area contributed by atoms with Gasteiger partial charge in [0.05, 0.1) is 16.7 Å². The van der Waals surface area contributed by atoms with Crippen LogP contribution in [0.5, 0.6) is 5.75 Å². The summed E-state index contributed by atoms with van der Waals surface area (Å²) >= 11 is 14.0. The van der Waals surface area contributed by atoms with E-state index in [0.717, 1.165) is 51.5 Å². The number of amides is 1. The molecule has 2 unspecified atom stereocenters. The van der Waals surface area contributed by atoms with Crippen molar-refractivity contribution in [2.75, 3.05) is 39.3 Å². The molecule has 2 aromatic carbocycles. The molecule has 7 heteroatoms. The van der Waals surface area contributed by atoms with Crippen LogP contribution in [0.2, 0.25) is 10.0 Å². The maximum Gasteiger partial charge on any atom is 0.253 e. The topological polar surface area (TPSA) is 32.8 Å². The molecule has 190 valence electrons. The predicted octanol–water partition coefficient (Wildman–Crippen LogP) is 7.09. The Morgan fingerprint density at radius 2 is 1.81 bits per heavy atom. The summed E-state index contributed by atoms with van der Waals surface area (Å²) in [7, 11) is 0. The molecule has 1 amide bonds. The SMILES string of the molecule is O=C(c1ccc(Cl)c(Cl)c1)N1CC(CN2CCC(CCOc3ccccc3)CC2)C(c2ccsc2)C1. The van der Waals surface area contributed by atoms with Gasteiger partial charge in [0.25, 0.3) is 5.91 Å². The Morgan fingerprint density at radius 3 is 2.53 bits per heavy atom. The zero-order chi connectivity index (χ0) is 24.9. The fraction of sp³-hybridized carbons (Fsp3) is 0.414. The third-order valence-electron chi connectivity index (χ3n) is 7.60. The van der Waals surface area contributed by atoms with Gasteiger partial charge >= 0.3 is 0 Å². The van der Waals surface area contributed by atoms with E-state index in [4.69, 9.17) is 27.9 Å². The Kier molecular flexibility index (Phi) is 8.53. The number of ether oxygens (including phenoxy) is 1. The molecule has 5 rings (SSSR count). The molecule has 3 heterocycles. The molecule has 2 atom stereocenters. The van der Waals surface area contributed by atoms with E-state index in [1.165, 1.54) is 18.4 Å². The first-order valence-electron chi connectivity index (χ1n) is 12.7. The van der Waals surface area contributed by atoms with Crippen LogP contribution in [0, 0.1) is 11.8 Å². The molecular formula is C29H32Cl2N2O2S. The summed E-state index contributed by atoms with van der Waals surface area (Å²) in [4.78, 5) is 17.9. The van der Waals surface area contributed by atoms with Gasteiger partial charge in [-0.05, 0) is 96.9 Å². The quantitative estimate of drug-likeness (QED) is 0.304. The van der Waals surface area contributed by atoms with Crippen molar-refractivity contribution in [2.24, 2.45) is 11.8 Å². The van der Waals surface area contributed by atoms with Gasteiger partial charge in [0.2, 0.25) is 0 Å². The van der Waals surface area contributed by atoms with E-state index in [9.17, 15) is 4.79 Å². The summed E-state index contributed by atoms with van der Waals surface area (Å²) in [5, 5.41) is 5.27. The molecule has 0 N–H and O–H groups in total. The minimum atomic E-state index is 0.0356. The van der Waals surface area contributed by atoms with E-state index in [0.29, 0.717) is 33.4 Å². The molecule has 0 bridgehead atoms. The molecule has 1 aromatic heterocycles. The maximum absolute atomic E-state index is 13.3. The number of benzene rings is 2. The summed E-state index contributed by atoms with van der Waals surface area (Å²) < 4.78 is 5.92. The lowest BCUT2D eigenvalue weighted by Crippen LogP contribution is -2.39. The lowest BCUT2D eigenvalue weighted by Gasteiger charge is -2.34. The maximum atomic E-state index is 13.3. The Hall–Kier alpha value is -2.05. The molecule has 36 heavy (non-hydrogen) atoms. The number of thiophene rings is 1. The lowest BCUT2D eigenvalue weighted by molar-refractivity contribution is 0.0780. The minimum Gasteiger partial charge on any atom is -0.494 e. The highest BCUT2D eigenvalue weighted by molar-refractivity contribution is 7.08. The van der Waals surface area contributed by atoms with Crippen LogP contribution in [-0.2, 0) is 0 Å².